The molecule has 0 aromatic rings. The van der Waals surface area contributed by atoms with E-state index in [9.17, 15) is 76.3 Å². The topological polar surface area (TPSA) is 374 Å². The van der Waals surface area contributed by atoms with Crippen LogP contribution in [0, 0.1) is 50.2 Å². The van der Waals surface area contributed by atoms with E-state index in [1.54, 1.807) is 0 Å². The minimum atomic E-state index is -2.23. The van der Waals surface area contributed by atoms with Crippen LogP contribution in [0.2, 0.25) is 0 Å². The highest BCUT2D eigenvalue weighted by atomic mass is 16.8. The highest BCUT2D eigenvalue weighted by Gasteiger charge is 2.70. The lowest BCUT2D eigenvalue weighted by Crippen LogP contribution is -2.69. The van der Waals surface area contributed by atoms with Crippen LogP contribution in [0.1, 0.15) is 113 Å². The Bertz CT molecular complexity index is 2130. The number of aliphatic carboxylic acids is 1. The number of rotatable bonds is 12. The first-order valence-electron chi connectivity index (χ1n) is 27.8. The minimum absolute atomic E-state index is 0.0121. The van der Waals surface area contributed by atoms with Crippen LogP contribution in [0.15, 0.2) is 11.6 Å². The molecular formula is C54H88O23. The molecule has 0 amide bonds. The molecule has 4 saturated heterocycles. The van der Waals surface area contributed by atoms with E-state index in [-0.39, 0.29) is 46.0 Å². The summed E-state index contributed by atoms with van der Waals surface area (Å²) in [5, 5.41) is 154. The number of carboxylic acids is 1. The predicted molar refractivity (Wildman–Crippen MR) is 263 cm³/mol. The molecule has 14 N–H and O–H groups in total. The number of ether oxygens (including phenoxy) is 8. The van der Waals surface area contributed by atoms with Crippen molar-refractivity contribution in [1.82, 2.24) is 0 Å². The average molecular weight is 1110 g/mol. The second-order valence-corrected chi connectivity index (χ2v) is 26.5. The molecule has 0 radical (unpaired) electrons. The van der Waals surface area contributed by atoms with Crippen LogP contribution in [0.3, 0.4) is 0 Å². The molecule has 5 aliphatic carbocycles. The summed E-state index contributed by atoms with van der Waals surface area (Å²) in [7, 11) is 0. The molecule has 29 unspecified atom stereocenters. The third-order valence-electron chi connectivity index (χ3n) is 21.5. The summed E-state index contributed by atoms with van der Waals surface area (Å²) in [4.78, 5) is 13.1. The lowest BCUT2D eigenvalue weighted by Gasteiger charge is -2.72. The molecule has 0 aromatic heterocycles. The number of carbonyl (C=O) groups is 1. The summed E-state index contributed by atoms with van der Waals surface area (Å²) >= 11 is 0. The standard InChI is InChI=1S/C54H88O23/c1-22-31(59)34(62)37(65)45(70-22)76-42-36(64)33(61)26(20-56)72-47(42)74-40-39(67)41(44(68)69)75-48(43(40)77-46-38(66)35(63)32(60)25(19-55)71-46)73-30-12-13-51(6)27(50(30,4)5)11-14-52(7)28(51)10-9-23-24-17-49(2,3)15-16-54(24,21-57)29(58)18-53(23,52)8/h9,22,24-43,45-48,55-67H,10-21H2,1-8H3,(H,68,69). The zero-order valence-corrected chi connectivity index (χ0v) is 45.4. The Balaban J connectivity index is 1.05. The molecule has 29 atom stereocenters. The maximum absolute atomic E-state index is 13.1. The molecule has 0 spiro atoms. The van der Waals surface area contributed by atoms with Crippen molar-refractivity contribution in [2.45, 2.75) is 248 Å². The maximum Gasteiger partial charge on any atom is 0.335 e. The van der Waals surface area contributed by atoms with Crippen LogP contribution in [0.25, 0.3) is 0 Å². The van der Waals surface area contributed by atoms with Crippen molar-refractivity contribution in [3.05, 3.63) is 11.6 Å². The van der Waals surface area contributed by atoms with Crippen LogP contribution in [0.4, 0.5) is 0 Å². The van der Waals surface area contributed by atoms with E-state index in [4.69, 9.17) is 37.9 Å². The first-order chi connectivity index (χ1) is 36.0. The average Bonchev–Trinajstić information content (AvgIpc) is 3.54. The zero-order valence-electron chi connectivity index (χ0n) is 45.4. The van der Waals surface area contributed by atoms with Crippen molar-refractivity contribution < 1.29 is 114 Å². The number of allylic oxidation sites excluding steroid dienone is 2. The summed E-state index contributed by atoms with van der Waals surface area (Å²) in [5.41, 5.74) is -0.808. The van der Waals surface area contributed by atoms with Gasteiger partial charge in [0.15, 0.2) is 31.3 Å². The predicted octanol–water partition coefficient (Wildman–Crippen LogP) is -1.47. The monoisotopic (exact) mass is 1100 g/mol. The van der Waals surface area contributed by atoms with Crippen molar-refractivity contribution in [3.8, 4) is 0 Å². The molecule has 9 aliphatic rings. The quantitative estimate of drug-likeness (QED) is 0.0783. The number of fused-ring (bicyclic) bond motifs is 7. The molecule has 442 valence electrons. The number of hydrogen-bond acceptors (Lipinski definition) is 22. The Labute approximate surface area is 449 Å². The second-order valence-electron chi connectivity index (χ2n) is 26.5. The van der Waals surface area contributed by atoms with Gasteiger partial charge in [0, 0.05) is 5.41 Å². The van der Waals surface area contributed by atoms with Gasteiger partial charge in [0.05, 0.1) is 38.1 Å². The van der Waals surface area contributed by atoms with Gasteiger partial charge in [-0.15, -0.1) is 0 Å². The molecule has 0 bridgehead atoms. The van der Waals surface area contributed by atoms with E-state index >= 15 is 0 Å². The van der Waals surface area contributed by atoms with E-state index in [0.29, 0.717) is 19.3 Å². The van der Waals surface area contributed by atoms with Gasteiger partial charge >= 0.3 is 5.97 Å². The van der Waals surface area contributed by atoms with Crippen LogP contribution >= 0.6 is 0 Å². The first-order valence-corrected chi connectivity index (χ1v) is 27.8. The Morgan fingerprint density at radius 2 is 1.16 bits per heavy atom. The molecule has 23 nitrogen and oxygen atoms in total. The molecule has 4 saturated carbocycles. The van der Waals surface area contributed by atoms with Gasteiger partial charge < -0.3 is 109 Å². The summed E-state index contributed by atoms with van der Waals surface area (Å²) in [5.74, 6) is -1.51. The Morgan fingerprint density at radius 3 is 1.78 bits per heavy atom. The lowest BCUT2D eigenvalue weighted by atomic mass is 9.33. The molecular weight excluding hydrogens is 1020 g/mol. The van der Waals surface area contributed by atoms with Gasteiger partial charge in [-0.3, -0.25) is 0 Å². The molecule has 8 fully saturated rings. The fourth-order valence-electron chi connectivity index (χ4n) is 16.6. The zero-order chi connectivity index (χ0) is 56.4. The van der Waals surface area contributed by atoms with Crippen LogP contribution in [-0.4, -0.2) is 232 Å². The summed E-state index contributed by atoms with van der Waals surface area (Å²) in [6.45, 7) is 15.3. The van der Waals surface area contributed by atoms with Crippen LogP contribution in [-0.2, 0) is 42.7 Å². The summed E-state index contributed by atoms with van der Waals surface area (Å²) < 4.78 is 49.0. The molecule has 0 aromatic carbocycles. The van der Waals surface area contributed by atoms with Gasteiger partial charge in [0.2, 0.25) is 0 Å². The molecule has 4 aliphatic heterocycles. The fraction of sp³-hybridized carbons (Fsp3) is 0.944. The number of hydrogen-bond donors (Lipinski definition) is 14. The van der Waals surface area contributed by atoms with Crippen LogP contribution < -0.4 is 0 Å². The third-order valence-corrected chi connectivity index (χ3v) is 21.5. The number of carboxylic acid groups (broad SMARTS) is 1. The Kier molecular flexibility index (Phi) is 16.8. The van der Waals surface area contributed by atoms with Crippen molar-refractivity contribution in [2.24, 2.45) is 50.2 Å². The highest BCUT2D eigenvalue weighted by Crippen LogP contribution is 2.76. The normalized spacial score (nSPS) is 54.5. The number of aliphatic hydroxyl groups is 13. The van der Waals surface area contributed by atoms with Gasteiger partial charge in [-0.05, 0) is 110 Å². The van der Waals surface area contributed by atoms with E-state index in [0.717, 1.165) is 38.5 Å². The van der Waals surface area contributed by atoms with Crippen molar-refractivity contribution in [1.29, 1.82) is 0 Å². The van der Waals surface area contributed by atoms with Crippen molar-refractivity contribution in [2.75, 3.05) is 19.8 Å². The first kappa shape index (κ1) is 60.0. The summed E-state index contributed by atoms with van der Waals surface area (Å²) in [6.07, 6.45) is -29.7. The number of aliphatic hydroxyl groups excluding tert-OH is 13. The lowest BCUT2D eigenvalue weighted by molar-refractivity contribution is -0.406. The van der Waals surface area contributed by atoms with Crippen molar-refractivity contribution in [3.63, 3.8) is 0 Å². The van der Waals surface area contributed by atoms with Gasteiger partial charge in [-0.2, -0.15) is 0 Å². The van der Waals surface area contributed by atoms with Crippen molar-refractivity contribution >= 4 is 5.97 Å². The van der Waals surface area contributed by atoms with Crippen LogP contribution in [0.5, 0.6) is 0 Å². The van der Waals surface area contributed by atoms with E-state index in [1.165, 1.54) is 12.5 Å². The van der Waals surface area contributed by atoms with E-state index in [1.807, 2.05) is 0 Å². The highest BCUT2D eigenvalue weighted by molar-refractivity contribution is 5.73. The maximum atomic E-state index is 13.1. The van der Waals surface area contributed by atoms with E-state index in [2.05, 4.69) is 54.5 Å². The second kappa shape index (κ2) is 21.5. The smallest absolute Gasteiger partial charge is 0.335 e. The van der Waals surface area contributed by atoms with E-state index < -0.39 is 165 Å². The van der Waals surface area contributed by atoms with Gasteiger partial charge in [-0.1, -0.05) is 60.1 Å². The summed E-state index contributed by atoms with van der Waals surface area (Å²) in [6, 6.07) is 0. The Hall–Kier alpha value is -1.63. The third kappa shape index (κ3) is 9.70. The molecule has 9 rings (SSSR count). The van der Waals surface area contributed by atoms with Gasteiger partial charge in [-0.25, -0.2) is 4.79 Å². The fourth-order valence-corrected chi connectivity index (χ4v) is 16.6. The Morgan fingerprint density at radius 1 is 0.584 bits per heavy atom. The largest absolute Gasteiger partial charge is 0.479 e. The SMILES string of the molecule is CC1OC(OC2C(OC3C(O)C(C(=O)O)OC(OC4CCC5(C)C(CCC6(C)C5CC=C5C7CC(C)(C)CCC7(CO)C(O)CC56C)C4(C)C)C3OC3OC(CO)C(O)C(O)C3O)OC(CO)C(O)C2O)C(O)C(O)C1O. The molecule has 23 heteroatoms. The minimum Gasteiger partial charge on any atom is -0.479 e. The molecule has 4 heterocycles. The van der Waals surface area contributed by atoms with Gasteiger partial charge in [0.25, 0.3) is 0 Å². The molecule has 77 heavy (non-hydrogen) atoms. The van der Waals surface area contributed by atoms with Gasteiger partial charge in [0.1, 0.15) is 85.5 Å².